The van der Waals surface area contributed by atoms with Gasteiger partial charge in [0.15, 0.2) is 0 Å². The third-order valence-electron chi connectivity index (χ3n) is 5.47. The molecule has 2 heterocycles. The molecule has 2 fully saturated rings. The van der Waals surface area contributed by atoms with E-state index in [4.69, 9.17) is 4.74 Å². The number of nitrogens with zero attached hydrogens (tertiary/aromatic N) is 1. The van der Waals surface area contributed by atoms with Gasteiger partial charge in [-0.25, -0.2) is 0 Å². The van der Waals surface area contributed by atoms with Crippen LogP contribution in [0.4, 0.5) is 0 Å². The number of piperidine rings is 1. The van der Waals surface area contributed by atoms with Gasteiger partial charge in [-0.1, -0.05) is 25.1 Å². The molecule has 7 heteroatoms. The van der Waals surface area contributed by atoms with Gasteiger partial charge in [-0.2, -0.15) is 0 Å². The number of amides is 2. The smallest absolute Gasteiger partial charge is 0.251 e. The van der Waals surface area contributed by atoms with Crippen LogP contribution in [0.15, 0.2) is 30.3 Å². The van der Waals surface area contributed by atoms with Crippen LogP contribution < -0.4 is 5.32 Å². The van der Waals surface area contributed by atoms with Crippen LogP contribution in [0, 0.1) is 5.92 Å². The van der Waals surface area contributed by atoms with E-state index in [1.807, 2.05) is 6.07 Å². The molecule has 148 valence electrons. The zero-order valence-corrected chi connectivity index (χ0v) is 15.6. The molecule has 7 nitrogen and oxygen atoms in total. The fourth-order valence-corrected chi connectivity index (χ4v) is 3.61. The Morgan fingerprint density at radius 2 is 1.74 bits per heavy atom. The van der Waals surface area contributed by atoms with E-state index < -0.39 is 24.4 Å². The largest absolute Gasteiger partial charge is 0.388 e. The molecule has 2 aliphatic heterocycles. The number of rotatable bonds is 5. The zero-order valence-electron chi connectivity index (χ0n) is 15.6. The van der Waals surface area contributed by atoms with Gasteiger partial charge in [-0.3, -0.25) is 9.59 Å². The molecule has 0 saturated carbocycles. The maximum absolute atomic E-state index is 12.5. The van der Waals surface area contributed by atoms with Gasteiger partial charge in [-0.15, -0.1) is 0 Å². The molecule has 0 radical (unpaired) electrons. The Hall–Kier alpha value is -1.96. The fraction of sp³-hybridized carbons (Fsp3) is 0.600. The molecule has 1 aromatic rings. The first-order chi connectivity index (χ1) is 13.0. The van der Waals surface area contributed by atoms with Gasteiger partial charge >= 0.3 is 0 Å². The lowest BCUT2D eigenvalue weighted by Gasteiger charge is -2.31. The predicted molar refractivity (Wildman–Crippen MR) is 99.0 cm³/mol. The molecule has 2 amide bonds. The van der Waals surface area contributed by atoms with E-state index in [0.29, 0.717) is 11.5 Å². The summed E-state index contributed by atoms with van der Waals surface area (Å²) in [5, 5.41) is 23.2. The van der Waals surface area contributed by atoms with Crippen molar-refractivity contribution < 1.29 is 24.5 Å². The second-order valence-corrected chi connectivity index (χ2v) is 7.54. The van der Waals surface area contributed by atoms with Crippen LogP contribution in [0.25, 0.3) is 0 Å². The highest BCUT2D eigenvalue weighted by molar-refractivity contribution is 5.94. The topological polar surface area (TPSA) is 99.1 Å². The first kappa shape index (κ1) is 19.8. The van der Waals surface area contributed by atoms with Crippen LogP contribution in [0.1, 0.15) is 36.5 Å². The number of carbonyl (C=O) groups excluding carboxylic acids is 2. The lowest BCUT2D eigenvalue weighted by molar-refractivity contribution is -0.136. The molecule has 0 aliphatic carbocycles. The molecule has 0 bridgehead atoms. The summed E-state index contributed by atoms with van der Waals surface area (Å²) in [6.07, 6.45) is -1.78. The molecule has 1 aromatic carbocycles. The van der Waals surface area contributed by atoms with E-state index in [-0.39, 0.29) is 24.8 Å². The first-order valence-electron chi connectivity index (χ1n) is 9.58. The third kappa shape index (κ3) is 4.86. The van der Waals surface area contributed by atoms with E-state index in [1.54, 1.807) is 29.2 Å². The van der Waals surface area contributed by atoms with E-state index >= 15 is 0 Å². The summed E-state index contributed by atoms with van der Waals surface area (Å²) >= 11 is 0. The second kappa shape index (κ2) is 8.82. The Balaban J connectivity index is 1.49. The first-order valence-corrected chi connectivity index (χ1v) is 9.58. The highest BCUT2D eigenvalue weighted by atomic mass is 16.5. The second-order valence-electron chi connectivity index (χ2n) is 7.54. The number of hydrogen-bond acceptors (Lipinski definition) is 5. The van der Waals surface area contributed by atoms with E-state index in [2.05, 4.69) is 12.2 Å². The maximum Gasteiger partial charge on any atom is 0.251 e. The van der Waals surface area contributed by atoms with Crippen molar-refractivity contribution in [1.82, 2.24) is 10.2 Å². The SMILES string of the molecule is CC1CCN(C(=O)C[C@H]2O[C@H](CNC(=O)c3ccccc3)[C@@H](O)[C@H]2O)CC1. The number of nitrogens with one attached hydrogen (secondary N) is 1. The number of likely N-dealkylation sites (tertiary alicyclic amines) is 1. The van der Waals surface area contributed by atoms with Crippen molar-refractivity contribution in [1.29, 1.82) is 0 Å². The summed E-state index contributed by atoms with van der Waals surface area (Å²) in [5.74, 6) is 0.289. The van der Waals surface area contributed by atoms with Crippen molar-refractivity contribution in [2.24, 2.45) is 5.92 Å². The molecule has 2 saturated heterocycles. The van der Waals surface area contributed by atoms with Gasteiger partial charge in [-0.05, 0) is 30.9 Å². The summed E-state index contributed by atoms with van der Waals surface area (Å²) < 4.78 is 5.69. The standard InChI is InChI=1S/C20H28N2O5/c1-13-7-9-22(10-8-13)17(23)11-15-18(24)19(25)16(27-15)12-21-20(26)14-5-3-2-4-6-14/h2-6,13,15-16,18-19,24-25H,7-12H2,1H3,(H,21,26)/t15-,16-,18+,19-/m1/s1. The molecule has 0 unspecified atom stereocenters. The zero-order chi connectivity index (χ0) is 19.4. The van der Waals surface area contributed by atoms with Crippen LogP contribution in [0.2, 0.25) is 0 Å². The Labute approximate surface area is 159 Å². The van der Waals surface area contributed by atoms with Gasteiger partial charge < -0.3 is 25.2 Å². The van der Waals surface area contributed by atoms with Crippen LogP contribution >= 0.6 is 0 Å². The van der Waals surface area contributed by atoms with Crippen molar-refractivity contribution in [3.8, 4) is 0 Å². The van der Waals surface area contributed by atoms with Crippen LogP contribution in [-0.2, 0) is 9.53 Å². The molecule has 3 rings (SSSR count). The van der Waals surface area contributed by atoms with Crippen LogP contribution in [0.5, 0.6) is 0 Å². The molecule has 4 atom stereocenters. The van der Waals surface area contributed by atoms with E-state index in [0.717, 1.165) is 25.9 Å². The number of aliphatic hydroxyl groups is 2. The number of benzene rings is 1. The molecular formula is C20H28N2O5. The molecular weight excluding hydrogens is 348 g/mol. The van der Waals surface area contributed by atoms with Gasteiger partial charge in [0.2, 0.25) is 5.91 Å². The van der Waals surface area contributed by atoms with Gasteiger partial charge in [0.25, 0.3) is 5.91 Å². The molecule has 0 aromatic heterocycles. The highest BCUT2D eigenvalue weighted by Gasteiger charge is 2.43. The Morgan fingerprint density at radius 1 is 1.11 bits per heavy atom. The van der Waals surface area contributed by atoms with Crippen molar-refractivity contribution in [2.75, 3.05) is 19.6 Å². The monoisotopic (exact) mass is 376 g/mol. The van der Waals surface area contributed by atoms with Gasteiger partial charge in [0, 0.05) is 25.2 Å². The highest BCUT2D eigenvalue weighted by Crippen LogP contribution is 2.25. The van der Waals surface area contributed by atoms with Crippen molar-refractivity contribution in [3.63, 3.8) is 0 Å². The molecule has 27 heavy (non-hydrogen) atoms. The quantitative estimate of drug-likeness (QED) is 0.697. The number of carbonyl (C=O) groups is 2. The van der Waals surface area contributed by atoms with E-state index in [1.165, 1.54) is 0 Å². The summed E-state index contributed by atoms with van der Waals surface area (Å²) in [7, 11) is 0. The lowest BCUT2D eigenvalue weighted by Crippen LogP contribution is -2.41. The van der Waals surface area contributed by atoms with Crippen molar-refractivity contribution in [2.45, 2.75) is 50.6 Å². The summed E-state index contributed by atoms with van der Waals surface area (Å²) in [6.45, 7) is 3.69. The Morgan fingerprint density at radius 3 is 2.41 bits per heavy atom. The Kier molecular flexibility index (Phi) is 6.46. The third-order valence-corrected chi connectivity index (χ3v) is 5.47. The summed E-state index contributed by atoms with van der Waals surface area (Å²) in [5.41, 5.74) is 0.511. The predicted octanol–water partition coefficient (Wildman–Crippen LogP) is 0.554. The van der Waals surface area contributed by atoms with Crippen molar-refractivity contribution in [3.05, 3.63) is 35.9 Å². The number of aliphatic hydroxyl groups excluding tert-OH is 2. The minimum absolute atomic E-state index is 0.0374. The van der Waals surface area contributed by atoms with Crippen molar-refractivity contribution >= 4 is 11.8 Å². The van der Waals surface area contributed by atoms with Gasteiger partial charge in [0.05, 0.1) is 12.5 Å². The molecule has 0 spiro atoms. The van der Waals surface area contributed by atoms with Gasteiger partial charge in [0.1, 0.15) is 18.3 Å². The van der Waals surface area contributed by atoms with Crippen LogP contribution in [-0.4, -0.2) is 71.0 Å². The molecule has 2 aliphatic rings. The maximum atomic E-state index is 12.5. The average molecular weight is 376 g/mol. The number of hydrogen-bond donors (Lipinski definition) is 3. The summed E-state index contributed by atoms with van der Waals surface area (Å²) in [6, 6.07) is 8.74. The Bertz CT molecular complexity index is 645. The average Bonchev–Trinajstić information content (AvgIpc) is 2.95. The number of ether oxygens (including phenoxy) is 1. The lowest BCUT2D eigenvalue weighted by atomic mass is 9.98. The molecule has 3 N–H and O–H groups in total. The normalized spacial score (nSPS) is 28.9. The van der Waals surface area contributed by atoms with Crippen LogP contribution in [0.3, 0.4) is 0 Å². The minimum atomic E-state index is -1.14. The fourth-order valence-electron chi connectivity index (χ4n) is 3.61. The minimum Gasteiger partial charge on any atom is -0.388 e. The summed E-state index contributed by atoms with van der Waals surface area (Å²) in [4.78, 5) is 26.4. The van der Waals surface area contributed by atoms with E-state index in [9.17, 15) is 19.8 Å².